The molecule has 0 saturated carbocycles. The van der Waals surface area contributed by atoms with Crippen LogP contribution in [-0.2, 0) is 17.7 Å². The third-order valence-electron chi connectivity index (χ3n) is 5.60. The van der Waals surface area contributed by atoms with Gasteiger partial charge >= 0.3 is 6.03 Å². The van der Waals surface area contributed by atoms with Gasteiger partial charge in [0.1, 0.15) is 6.10 Å². The van der Waals surface area contributed by atoms with Crippen molar-refractivity contribution in [2.45, 2.75) is 65.1 Å². The molecule has 0 aromatic carbocycles. The zero-order valence-corrected chi connectivity index (χ0v) is 16.7. The van der Waals surface area contributed by atoms with Crippen molar-refractivity contribution in [2.75, 3.05) is 13.2 Å². The Kier molecular flexibility index (Phi) is 5.30. The molecule has 1 saturated heterocycles. The zero-order chi connectivity index (χ0) is 19.7. The molecule has 2 aliphatic heterocycles. The lowest BCUT2D eigenvalue weighted by Crippen LogP contribution is -2.45. The highest BCUT2D eigenvalue weighted by atomic mass is 16.5. The lowest BCUT2D eigenvalue weighted by molar-refractivity contribution is 0.0835. The average Bonchev–Trinajstić information content (AvgIpc) is 3.39. The van der Waals surface area contributed by atoms with E-state index < -0.39 is 0 Å². The molecule has 2 aromatic heterocycles. The summed E-state index contributed by atoms with van der Waals surface area (Å²) in [6, 6.07) is 0.138. The van der Waals surface area contributed by atoms with Crippen LogP contribution >= 0.6 is 0 Å². The molecule has 4 heterocycles. The van der Waals surface area contributed by atoms with E-state index in [-0.39, 0.29) is 18.2 Å². The first kappa shape index (κ1) is 18.9. The van der Waals surface area contributed by atoms with E-state index in [1.165, 1.54) is 0 Å². The molecule has 0 bridgehead atoms. The summed E-state index contributed by atoms with van der Waals surface area (Å²) in [5, 5.41) is 7.24. The Balaban J connectivity index is 1.58. The van der Waals surface area contributed by atoms with Crippen LogP contribution in [0.2, 0.25) is 0 Å². The Bertz CT molecular complexity index is 860. The van der Waals surface area contributed by atoms with Gasteiger partial charge in [-0.2, -0.15) is 4.98 Å². The molecular formula is C20H27N5O3. The van der Waals surface area contributed by atoms with Gasteiger partial charge in [-0.05, 0) is 50.7 Å². The lowest BCUT2D eigenvalue weighted by Gasteiger charge is -2.31. The zero-order valence-electron chi connectivity index (χ0n) is 16.7. The standard InChI is InChI=1S/C20H27N5O3/c1-4-12(2)22-20(26)25-8-7-15-14(11-25)10-21-13(3)17(15)18-23-19(28-24-18)16-6-5-9-27-16/h10,12,16H,4-9,11H2,1-3H3,(H,22,26)/t12-,16+/m0/s1. The van der Waals surface area contributed by atoms with Crippen LogP contribution in [0.5, 0.6) is 0 Å². The molecule has 2 aromatic rings. The first-order chi connectivity index (χ1) is 13.6. The van der Waals surface area contributed by atoms with E-state index in [1.54, 1.807) is 0 Å². The topological polar surface area (TPSA) is 93.4 Å². The molecule has 1 fully saturated rings. The minimum atomic E-state index is -0.103. The number of ether oxygens (including phenoxy) is 1. The van der Waals surface area contributed by atoms with Gasteiger partial charge in [0, 0.05) is 43.2 Å². The maximum Gasteiger partial charge on any atom is 0.317 e. The molecule has 0 aliphatic carbocycles. The Hall–Kier alpha value is -2.48. The summed E-state index contributed by atoms with van der Waals surface area (Å²) in [7, 11) is 0. The van der Waals surface area contributed by atoms with Crippen molar-refractivity contribution in [3.8, 4) is 11.4 Å². The Morgan fingerprint density at radius 1 is 1.46 bits per heavy atom. The predicted octanol–water partition coefficient (Wildman–Crippen LogP) is 3.16. The minimum absolute atomic E-state index is 0.0256. The second kappa shape index (κ2) is 7.87. The largest absolute Gasteiger partial charge is 0.368 e. The lowest BCUT2D eigenvalue weighted by atomic mass is 9.94. The summed E-state index contributed by atoms with van der Waals surface area (Å²) in [5.74, 6) is 1.10. The average molecular weight is 385 g/mol. The number of aromatic nitrogens is 3. The van der Waals surface area contributed by atoms with Crippen LogP contribution < -0.4 is 5.32 Å². The van der Waals surface area contributed by atoms with Gasteiger partial charge < -0.3 is 19.5 Å². The highest BCUT2D eigenvalue weighted by Gasteiger charge is 2.29. The fourth-order valence-corrected chi connectivity index (χ4v) is 3.76. The van der Waals surface area contributed by atoms with Gasteiger partial charge in [0.15, 0.2) is 0 Å². The number of nitrogens with zero attached hydrogens (tertiary/aromatic N) is 4. The number of rotatable bonds is 4. The summed E-state index contributed by atoms with van der Waals surface area (Å²) in [6.45, 7) is 7.96. The Morgan fingerprint density at radius 2 is 2.32 bits per heavy atom. The van der Waals surface area contributed by atoms with Crippen LogP contribution in [0.15, 0.2) is 10.7 Å². The maximum absolute atomic E-state index is 12.5. The molecule has 0 unspecified atom stereocenters. The SMILES string of the molecule is CC[C@H](C)NC(=O)N1CCc2c(cnc(C)c2-c2noc([C@H]3CCCO3)n2)C1. The minimum Gasteiger partial charge on any atom is -0.368 e. The Morgan fingerprint density at radius 3 is 3.07 bits per heavy atom. The molecular weight excluding hydrogens is 358 g/mol. The van der Waals surface area contributed by atoms with Gasteiger partial charge in [-0.25, -0.2) is 4.79 Å². The van der Waals surface area contributed by atoms with Gasteiger partial charge in [0.2, 0.25) is 5.82 Å². The molecule has 28 heavy (non-hydrogen) atoms. The second-order valence-electron chi connectivity index (χ2n) is 7.61. The van der Waals surface area contributed by atoms with E-state index in [4.69, 9.17) is 9.26 Å². The smallest absolute Gasteiger partial charge is 0.317 e. The summed E-state index contributed by atoms with van der Waals surface area (Å²) in [4.78, 5) is 23.5. The van der Waals surface area contributed by atoms with Crippen LogP contribution in [0, 0.1) is 6.92 Å². The van der Waals surface area contributed by atoms with E-state index in [0.717, 1.165) is 54.7 Å². The van der Waals surface area contributed by atoms with Crippen molar-refractivity contribution in [1.82, 2.24) is 25.3 Å². The van der Waals surface area contributed by atoms with E-state index in [1.807, 2.05) is 24.9 Å². The third-order valence-corrected chi connectivity index (χ3v) is 5.60. The van der Waals surface area contributed by atoms with Crippen LogP contribution in [-0.4, -0.2) is 45.2 Å². The number of urea groups is 1. The first-order valence-corrected chi connectivity index (χ1v) is 10.0. The van der Waals surface area contributed by atoms with Crippen LogP contribution in [0.3, 0.4) is 0 Å². The third kappa shape index (κ3) is 3.61. The molecule has 2 aliphatic rings. The van der Waals surface area contributed by atoms with Gasteiger partial charge in [0.25, 0.3) is 5.89 Å². The van der Waals surface area contributed by atoms with Crippen molar-refractivity contribution in [1.29, 1.82) is 0 Å². The number of aryl methyl sites for hydroxylation is 1. The van der Waals surface area contributed by atoms with Crippen molar-refractivity contribution >= 4 is 6.03 Å². The van der Waals surface area contributed by atoms with Gasteiger partial charge in [-0.15, -0.1) is 0 Å². The van der Waals surface area contributed by atoms with E-state index >= 15 is 0 Å². The predicted molar refractivity (Wildman–Crippen MR) is 103 cm³/mol. The van der Waals surface area contributed by atoms with Crippen molar-refractivity contribution < 1.29 is 14.1 Å². The van der Waals surface area contributed by atoms with Gasteiger partial charge in [-0.3, -0.25) is 4.98 Å². The summed E-state index contributed by atoms with van der Waals surface area (Å²) in [5.41, 5.74) is 3.98. The molecule has 1 N–H and O–H groups in total. The molecule has 0 radical (unpaired) electrons. The molecule has 4 rings (SSSR count). The summed E-state index contributed by atoms with van der Waals surface area (Å²) >= 11 is 0. The van der Waals surface area contributed by atoms with Gasteiger partial charge in [-0.1, -0.05) is 12.1 Å². The summed E-state index contributed by atoms with van der Waals surface area (Å²) < 4.78 is 11.1. The van der Waals surface area contributed by atoms with Crippen molar-refractivity contribution in [3.63, 3.8) is 0 Å². The number of carbonyl (C=O) groups is 1. The fourth-order valence-electron chi connectivity index (χ4n) is 3.76. The number of fused-ring (bicyclic) bond motifs is 1. The summed E-state index contributed by atoms with van der Waals surface area (Å²) in [6.07, 6.45) is 5.33. The highest BCUT2D eigenvalue weighted by molar-refractivity contribution is 5.75. The van der Waals surface area contributed by atoms with Crippen molar-refractivity contribution in [2.24, 2.45) is 0 Å². The van der Waals surface area contributed by atoms with E-state index in [2.05, 4.69) is 27.4 Å². The second-order valence-corrected chi connectivity index (χ2v) is 7.61. The van der Waals surface area contributed by atoms with Crippen LogP contribution in [0.1, 0.15) is 61.9 Å². The number of hydrogen-bond donors (Lipinski definition) is 1. The monoisotopic (exact) mass is 385 g/mol. The normalized spacial score (nSPS) is 20.1. The highest BCUT2D eigenvalue weighted by Crippen LogP contribution is 2.33. The van der Waals surface area contributed by atoms with Crippen LogP contribution in [0.4, 0.5) is 4.79 Å². The molecule has 0 spiro atoms. The first-order valence-electron chi connectivity index (χ1n) is 10.0. The number of nitrogens with one attached hydrogen (secondary N) is 1. The number of carbonyl (C=O) groups excluding carboxylic acids is 1. The Labute approximate surface area is 164 Å². The van der Waals surface area contributed by atoms with Crippen LogP contribution in [0.25, 0.3) is 11.4 Å². The van der Waals surface area contributed by atoms with E-state index in [0.29, 0.717) is 24.8 Å². The number of hydrogen-bond acceptors (Lipinski definition) is 6. The number of amides is 2. The van der Waals surface area contributed by atoms with Crippen molar-refractivity contribution in [3.05, 3.63) is 28.9 Å². The number of pyridine rings is 1. The molecule has 2 atom stereocenters. The molecule has 8 nitrogen and oxygen atoms in total. The molecule has 150 valence electrons. The van der Waals surface area contributed by atoms with E-state index in [9.17, 15) is 4.79 Å². The quantitative estimate of drug-likeness (QED) is 0.869. The maximum atomic E-state index is 12.5. The molecule has 8 heteroatoms. The molecule has 2 amide bonds. The van der Waals surface area contributed by atoms with Gasteiger partial charge in [0.05, 0.1) is 0 Å². The fraction of sp³-hybridized carbons (Fsp3) is 0.600.